The zero-order chi connectivity index (χ0) is 27.4. The Morgan fingerprint density at radius 3 is 2.59 bits per heavy atom. The molecule has 0 N–H and O–H groups in total. The number of para-hydroxylation sites is 1. The maximum absolute atomic E-state index is 14.4. The molecule has 1 amide bonds. The van der Waals surface area contributed by atoms with E-state index in [1.165, 1.54) is 24.2 Å². The molecule has 1 aliphatic carbocycles. The second-order valence-corrected chi connectivity index (χ2v) is 12.5. The molecule has 2 fully saturated rings. The van der Waals surface area contributed by atoms with Crippen LogP contribution in [-0.2, 0) is 11.4 Å². The Morgan fingerprint density at radius 1 is 1.13 bits per heavy atom. The average molecular weight is 721 g/mol. The van der Waals surface area contributed by atoms with Gasteiger partial charge in [-0.15, -0.1) is 0 Å². The normalized spacial score (nSPS) is 18.3. The van der Waals surface area contributed by atoms with Crippen LogP contribution in [0, 0.1) is 9.39 Å². The molecular formula is C30H27BrFIN2O3S. The topological polar surface area (TPSA) is 51.1 Å². The monoisotopic (exact) mass is 720 g/mol. The van der Waals surface area contributed by atoms with Crippen molar-refractivity contribution < 1.29 is 18.7 Å². The number of hydrogen-bond acceptors (Lipinski definition) is 5. The number of carbonyl (C=O) groups excluding carboxylic acids is 1. The van der Waals surface area contributed by atoms with Gasteiger partial charge in [0.05, 0.1) is 15.6 Å². The van der Waals surface area contributed by atoms with E-state index in [1.54, 1.807) is 30.2 Å². The molecule has 9 heteroatoms. The molecular weight excluding hydrogens is 694 g/mol. The Bertz CT molecular complexity index is 1420. The highest BCUT2D eigenvalue weighted by Crippen LogP contribution is 2.40. The summed E-state index contributed by atoms with van der Waals surface area (Å²) in [6, 6.07) is 18.3. The lowest BCUT2D eigenvalue weighted by Crippen LogP contribution is -2.40. The van der Waals surface area contributed by atoms with E-state index in [0.717, 1.165) is 44.9 Å². The van der Waals surface area contributed by atoms with Crippen LogP contribution in [0.3, 0.4) is 0 Å². The van der Waals surface area contributed by atoms with Gasteiger partial charge < -0.3 is 9.47 Å². The first-order chi connectivity index (χ1) is 18.9. The van der Waals surface area contributed by atoms with Crippen LogP contribution in [0.2, 0.25) is 0 Å². The van der Waals surface area contributed by atoms with Crippen LogP contribution in [0.25, 0.3) is 6.08 Å². The van der Waals surface area contributed by atoms with Crippen LogP contribution < -0.4 is 9.47 Å². The highest BCUT2D eigenvalue weighted by molar-refractivity contribution is 14.1. The summed E-state index contributed by atoms with van der Waals surface area (Å²) in [6.45, 7) is 0.403. The molecule has 0 radical (unpaired) electrons. The Hall–Kier alpha value is -2.37. The molecule has 202 valence electrons. The van der Waals surface area contributed by atoms with Gasteiger partial charge in [0.15, 0.2) is 16.7 Å². The van der Waals surface area contributed by atoms with Gasteiger partial charge >= 0.3 is 0 Å². The van der Waals surface area contributed by atoms with Gasteiger partial charge in [0.2, 0.25) is 0 Å². The molecule has 1 heterocycles. The van der Waals surface area contributed by atoms with E-state index in [-0.39, 0.29) is 17.6 Å². The fraction of sp³-hybridized carbons (Fsp3) is 0.267. The van der Waals surface area contributed by atoms with Crippen molar-refractivity contribution in [1.82, 2.24) is 4.90 Å². The van der Waals surface area contributed by atoms with Crippen LogP contribution in [0.1, 0.15) is 43.2 Å². The van der Waals surface area contributed by atoms with Crippen molar-refractivity contribution in [2.75, 3.05) is 7.11 Å². The summed E-state index contributed by atoms with van der Waals surface area (Å²) >= 11 is 6.97. The van der Waals surface area contributed by atoms with Crippen molar-refractivity contribution in [2.24, 2.45) is 4.99 Å². The molecule has 5 nitrogen and oxygen atoms in total. The second kappa shape index (κ2) is 12.9. The molecule has 0 spiro atoms. The van der Waals surface area contributed by atoms with Crippen LogP contribution in [0.4, 0.5) is 10.1 Å². The maximum atomic E-state index is 14.4. The fourth-order valence-electron chi connectivity index (χ4n) is 4.72. The summed E-state index contributed by atoms with van der Waals surface area (Å²) < 4.78 is 28.1. The van der Waals surface area contributed by atoms with Gasteiger partial charge in [0.25, 0.3) is 5.91 Å². The molecule has 3 aromatic carbocycles. The first kappa shape index (κ1) is 28.2. The minimum absolute atomic E-state index is 0.0687. The van der Waals surface area contributed by atoms with Crippen molar-refractivity contribution in [1.29, 1.82) is 0 Å². The Morgan fingerprint density at radius 2 is 1.87 bits per heavy atom. The van der Waals surface area contributed by atoms with E-state index in [2.05, 4.69) is 43.5 Å². The zero-order valence-corrected chi connectivity index (χ0v) is 25.9. The third kappa shape index (κ3) is 6.69. The number of nitrogens with zero attached hydrogens (tertiary/aromatic N) is 2. The van der Waals surface area contributed by atoms with Crippen molar-refractivity contribution in [3.05, 3.63) is 90.6 Å². The third-order valence-electron chi connectivity index (χ3n) is 6.69. The van der Waals surface area contributed by atoms with E-state index < -0.39 is 5.82 Å². The van der Waals surface area contributed by atoms with Crippen LogP contribution in [-0.4, -0.2) is 29.1 Å². The number of benzene rings is 3. The Balaban J connectivity index is 1.44. The van der Waals surface area contributed by atoms with E-state index >= 15 is 0 Å². The lowest BCUT2D eigenvalue weighted by molar-refractivity contribution is -0.124. The van der Waals surface area contributed by atoms with Crippen molar-refractivity contribution in [2.45, 2.75) is 44.8 Å². The van der Waals surface area contributed by atoms with E-state index in [1.807, 2.05) is 42.5 Å². The number of aliphatic imine (C=N–C) groups is 1. The summed E-state index contributed by atoms with van der Waals surface area (Å²) in [4.78, 5) is 20.6. The Labute approximate surface area is 254 Å². The van der Waals surface area contributed by atoms with Gasteiger partial charge in [-0.05, 0) is 101 Å². The number of carbonyl (C=O) groups is 1. The van der Waals surface area contributed by atoms with Gasteiger partial charge in [-0.3, -0.25) is 9.69 Å². The standard InChI is InChI=1S/C30H27BrFIN2O3S/c1-37-26-16-20(15-24(33)28(26)38-18-19-11-13-21(31)14-12-19)17-27-29(36)35(22-7-3-2-4-8-22)30(39-27)34-25-10-6-5-9-23(25)32/h5-6,9-17,22H,2-4,7-8,18H2,1H3/b27-17-,34-30?. The summed E-state index contributed by atoms with van der Waals surface area (Å²) in [5.41, 5.74) is 2.09. The quantitative estimate of drug-likeness (QED) is 0.181. The predicted molar refractivity (Wildman–Crippen MR) is 167 cm³/mol. The van der Waals surface area contributed by atoms with Gasteiger partial charge in [-0.25, -0.2) is 9.38 Å². The lowest BCUT2D eigenvalue weighted by Gasteiger charge is -2.30. The van der Waals surface area contributed by atoms with Gasteiger partial charge in [0.1, 0.15) is 18.1 Å². The van der Waals surface area contributed by atoms with Crippen LogP contribution in [0.15, 0.2) is 75.0 Å². The molecule has 1 aliphatic heterocycles. The van der Waals surface area contributed by atoms with Gasteiger partial charge in [-0.1, -0.05) is 59.5 Å². The molecule has 0 bridgehead atoms. The SMILES string of the molecule is COc1cc(/C=C2\SC(=Nc3ccccc3F)N(C3CCCCC3)C2=O)cc(I)c1OCc1ccc(Br)cc1. The number of amides is 1. The molecule has 3 aromatic rings. The second-order valence-electron chi connectivity index (χ2n) is 9.37. The van der Waals surface area contributed by atoms with Crippen molar-refractivity contribution in [3.63, 3.8) is 0 Å². The Kier molecular flexibility index (Phi) is 9.29. The minimum Gasteiger partial charge on any atom is -0.493 e. The number of hydrogen-bond donors (Lipinski definition) is 0. The smallest absolute Gasteiger partial charge is 0.267 e. The van der Waals surface area contributed by atoms with Crippen LogP contribution in [0.5, 0.6) is 11.5 Å². The van der Waals surface area contributed by atoms with E-state index in [4.69, 9.17) is 9.47 Å². The highest BCUT2D eigenvalue weighted by atomic mass is 127. The molecule has 0 unspecified atom stereocenters. The molecule has 0 aromatic heterocycles. The fourth-order valence-corrected chi connectivity index (χ4v) is 6.82. The van der Waals surface area contributed by atoms with Crippen molar-refractivity contribution >= 4 is 73.1 Å². The summed E-state index contributed by atoms with van der Waals surface area (Å²) in [7, 11) is 1.61. The molecule has 1 saturated heterocycles. The third-order valence-corrected chi connectivity index (χ3v) is 9.00. The summed E-state index contributed by atoms with van der Waals surface area (Å²) in [5, 5.41) is 0.527. The average Bonchev–Trinajstić information content (AvgIpc) is 3.24. The molecule has 1 saturated carbocycles. The lowest BCUT2D eigenvalue weighted by atomic mass is 9.94. The number of thioether (sulfide) groups is 1. The van der Waals surface area contributed by atoms with Crippen molar-refractivity contribution in [3.8, 4) is 11.5 Å². The zero-order valence-electron chi connectivity index (χ0n) is 21.3. The van der Waals surface area contributed by atoms with Gasteiger partial charge in [0, 0.05) is 10.5 Å². The van der Waals surface area contributed by atoms with E-state index in [0.29, 0.717) is 28.2 Å². The minimum atomic E-state index is -0.405. The van der Waals surface area contributed by atoms with E-state index in [9.17, 15) is 9.18 Å². The maximum Gasteiger partial charge on any atom is 0.267 e. The number of halogens is 3. The molecule has 39 heavy (non-hydrogen) atoms. The summed E-state index contributed by atoms with van der Waals surface area (Å²) in [6.07, 6.45) is 7.01. The number of amidine groups is 1. The number of methoxy groups -OCH3 is 1. The van der Waals surface area contributed by atoms with Gasteiger partial charge in [-0.2, -0.15) is 0 Å². The molecule has 0 atom stereocenters. The highest BCUT2D eigenvalue weighted by Gasteiger charge is 2.39. The largest absolute Gasteiger partial charge is 0.493 e. The molecule has 5 rings (SSSR count). The predicted octanol–water partition coefficient (Wildman–Crippen LogP) is 8.72. The molecule has 2 aliphatic rings. The first-order valence-corrected chi connectivity index (χ1v) is 15.4. The number of rotatable bonds is 7. The van der Waals surface area contributed by atoms with Crippen LogP contribution >= 0.6 is 50.3 Å². The first-order valence-electron chi connectivity index (χ1n) is 12.7. The summed E-state index contributed by atoms with van der Waals surface area (Å²) in [5.74, 6) is 0.744. The number of ether oxygens (including phenoxy) is 2.